The molecular weight excluding hydrogens is 388 g/mol. The highest BCUT2D eigenvalue weighted by Gasteiger charge is 2.22. The van der Waals surface area contributed by atoms with Crippen LogP contribution in [0.4, 0.5) is 5.82 Å². The normalized spacial score (nSPS) is 13.4. The fraction of sp³-hybridized carbons (Fsp3) is 0.455. The van der Waals surface area contributed by atoms with Gasteiger partial charge in [0, 0.05) is 28.4 Å². The lowest BCUT2D eigenvalue weighted by molar-refractivity contribution is -0.896. The van der Waals surface area contributed by atoms with Crippen LogP contribution in [0.25, 0.3) is 21.6 Å². The van der Waals surface area contributed by atoms with Gasteiger partial charge in [-0.05, 0) is 62.9 Å². The van der Waals surface area contributed by atoms with Gasteiger partial charge in [-0.3, -0.25) is 0 Å². The Morgan fingerprint density at radius 3 is 2.64 bits per heavy atom. The van der Waals surface area contributed by atoms with E-state index in [1.807, 2.05) is 35.6 Å². The molecule has 6 heteroatoms. The van der Waals surface area contributed by atoms with Crippen molar-refractivity contribution in [2.45, 2.75) is 39.5 Å². The zero-order valence-corrected chi connectivity index (χ0v) is 18.2. The first-order valence-corrected chi connectivity index (χ1v) is 11.5. The molecule has 2 aromatic heterocycles. The van der Waals surface area contributed by atoms with E-state index in [-0.39, 0.29) is 0 Å². The lowest BCUT2D eigenvalue weighted by Gasteiger charge is -2.16. The van der Waals surface area contributed by atoms with Crippen molar-refractivity contribution in [3.05, 3.63) is 39.7 Å². The van der Waals surface area contributed by atoms with Crippen molar-refractivity contribution in [3.8, 4) is 11.4 Å². The molecule has 0 bridgehead atoms. The molecule has 0 spiro atoms. The fourth-order valence-electron chi connectivity index (χ4n) is 4.00. The highest BCUT2D eigenvalue weighted by molar-refractivity contribution is 7.19. The largest absolute Gasteiger partial charge is 0.369 e. The maximum absolute atomic E-state index is 6.06. The van der Waals surface area contributed by atoms with Gasteiger partial charge in [0.2, 0.25) is 0 Å². The molecule has 1 aliphatic rings. The maximum Gasteiger partial charge on any atom is 0.163 e. The first-order chi connectivity index (χ1) is 13.7. The number of aryl methyl sites for hydroxylation is 2. The minimum absolute atomic E-state index is 0.733. The van der Waals surface area contributed by atoms with Crippen molar-refractivity contribution in [2.75, 3.05) is 31.5 Å². The molecule has 148 valence electrons. The molecule has 3 aromatic rings. The molecule has 4 nitrogen and oxygen atoms in total. The van der Waals surface area contributed by atoms with E-state index in [4.69, 9.17) is 21.6 Å². The molecule has 0 radical (unpaired) electrons. The van der Waals surface area contributed by atoms with E-state index in [1.54, 1.807) is 4.90 Å². The number of benzene rings is 1. The fourth-order valence-corrected chi connectivity index (χ4v) is 5.39. The Labute approximate surface area is 176 Å². The smallest absolute Gasteiger partial charge is 0.163 e. The van der Waals surface area contributed by atoms with Gasteiger partial charge in [0.15, 0.2) is 5.82 Å². The van der Waals surface area contributed by atoms with Gasteiger partial charge in [0.1, 0.15) is 10.6 Å². The molecular formula is C22H28ClN4S+. The second-order valence-corrected chi connectivity index (χ2v) is 8.95. The monoisotopic (exact) mass is 415 g/mol. The van der Waals surface area contributed by atoms with Crippen LogP contribution in [0.3, 0.4) is 0 Å². The van der Waals surface area contributed by atoms with Crippen molar-refractivity contribution in [1.82, 2.24) is 9.97 Å². The van der Waals surface area contributed by atoms with E-state index in [2.05, 4.69) is 19.2 Å². The Bertz CT molecular complexity index is 947. The quantitative estimate of drug-likeness (QED) is 0.541. The van der Waals surface area contributed by atoms with Crippen LogP contribution in [0, 0.1) is 0 Å². The van der Waals surface area contributed by atoms with Crippen LogP contribution < -0.4 is 10.2 Å². The molecule has 0 saturated heterocycles. The average molecular weight is 416 g/mol. The molecule has 0 atom stereocenters. The SMILES string of the molecule is CC[NH+](CC)CCCNc1nc(-c2ccc(Cl)cc2)nc2sc3c(c12)CCC3. The molecule has 2 N–H and O–H groups in total. The van der Waals surface area contributed by atoms with Gasteiger partial charge in [-0.15, -0.1) is 11.3 Å². The van der Waals surface area contributed by atoms with E-state index in [9.17, 15) is 0 Å². The van der Waals surface area contributed by atoms with Crippen LogP contribution >= 0.6 is 22.9 Å². The maximum atomic E-state index is 6.06. The van der Waals surface area contributed by atoms with Crippen molar-refractivity contribution >= 4 is 39.0 Å². The summed E-state index contributed by atoms with van der Waals surface area (Å²) in [5.41, 5.74) is 2.48. The zero-order chi connectivity index (χ0) is 19.5. The van der Waals surface area contributed by atoms with Crippen molar-refractivity contribution in [1.29, 1.82) is 0 Å². The summed E-state index contributed by atoms with van der Waals surface area (Å²) in [6, 6.07) is 7.80. The minimum atomic E-state index is 0.733. The number of rotatable bonds is 8. The summed E-state index contributed by atoms with van der Waals surface area (Å²) in [5, 5.41) is 5.63. The first-order valence-electron chi connectivity index (χ1n) is 10.3. The zero-order valence-electron chi connectivity index (χ0n) is 16.6. The molecule has 0 aliphatic heterocycles. The number of hydrogen-bond donors (Lipinski definition) is 2. The average Bonchev–Trinajstić information content (AvgIpc) is 3.29. The lowest BCUT2D eigenvalue weighted by atomic mass is 10.1. The van der Waals surface area contributed by atoms with E-state index >= 15 is 0 Å². The van der Waals surface area contributed by atoms with Crippen LogP contribution in [0.2, 0.25) is 5.02 Å². The summed E-state index contributed by atoms with van der Waals surface area (Å²) in [4.78, 5) is 14.1. The molecule has 0 saturated carbocycles. The Kier molecular flexibility index (Phi) is 6.14. The molecule has 2 heterocycles. The predicted octanol–water partition coefficient (Wildman–Crippen LogP) is 4.23. The molecule has 4 rings (SSSR count). The van der Waals surface area contributed by atoms with E-state index in [0.717, 1.165) is 46.4 Å². The van der Waals surface area contributed by atoms with Gasteiger partial charge in [-0.2, -0.15) is 0 Å². The third-order valence-corrected chi connectivity index (χ3v) is 7.10. The topological polar surface area (TPSA) is 42.2 Å². The Morgan fingerprint density at radius 2 is 1.89 bits per heavy atom. The molecule has 0 unspecified atom stereocenters. The standard InChI is InChI=1S/C22H27ClN4S/c1-3-27(4-2)14-6-13-24-21-19-17-7-5-8-18(17)28-22(19)26-20(25-21)15-9-11-16(23)12-10-15/h9-12H,3-8,13-14H2,1-2H3,(H,24,25,26)/p+1. The van der Waals surface area contributed by atoms with Crippen molar-refractivity contribution in [2.24, 2.45) is 0 Å². The summed E-state index contributed by atoms with van der Waals surface area (Å²) in [7, 11) is 0. The highest BCUT2D eigenvalue weighted by atomic mass is 35.5. The van der Waals surface area contributed by atoms with Gasteiger partial charge in [-0.1, -0.05) is 11.6 Å². The van der Waals surface area contributed by atoms with E-state index in [0.29, 0.717) is 0 Å². The number of thiophene rings is 1. The van der Waals surface area contributed by atoms with Crippen LogP contribution in [-0.4, -0.2) is 36.1 Å². The van der Waals surface area contributed by atoms with Crippen molar-refractivity contribution < 1.29 is 4.90 Å². The summed E-state index contributed by atoms with van der Waals surface area (Å²) in [6.45, 7) is 9.03. The lowest BCUT2D eigenvalue weighted by Crippen LogP contribution is -3.11. The minimum Gasteiger partial charge on any atom is -0.369 e. The number of quaternary nitrogens is 1. The van der Waals surface area contributed by atoms with Crippen LogP contribution in [-0.2, 0) is 12.8 Å². The Balaban J connectivity index is 1.63. The third-order valence-electron chi connectivity index (χ3n) is 5.67. The van der Waals surface area contributed by atoms with Gasteiger partial charge in [-0.25, -0.2) is 9.97 Å². The predicted molar refractivity (Wildman–Crippen MR) is 120 cm³/mol. The van der Waals surface area contributed by atoms with Gasteiger partial charge >= 0.3 is 0 Å². The van der Waals surface area contributed by atoms with Crippen molar-refractivity contribution in [3.63, 3.8) is 0 Å². The number of nitrogens with zero attached hydrogens (tertiary/aromatic N) is 2. The summed E-state index contributed by atoms with van der Waals surface area (Å²) in [5.74, 6) is 1.78. The van der Waals surface area contributed by atoms with E-state index in [1.165, 1.54) is 48.3 Å². The Hall–Kier alpha value is -1.69. The number of fused-ring (bicyclic) bond motifs is 3. The molecule has 0 fully saturated rings. The highest BCUT2D eigenvalue weighted by Crippen LogP contribution is 2.40. The van der Waals surface area contributed by atoms with Gasteiger partial charge < -0.3 is 10.2 Å². The van der Waals surface area contributed by atoms with Gasteiger partial charge in [0.05, 0.1) is 25.0 Å². The second kappa shape index (κ2) is 8.76. The molecule has 1 aliphatic carbocycles. The second-order valence-electron chi connectivity index (χ2n) is 7.43. The number of halogens is 1. The number of hydrogen-bond acceptors (Lipinski definition) is 4. The summed E-state index contributed by atoms with van der Waals surface area (Å²) >= 11 is 7.90. The van der Waals surface area contributed by atoms with Crippen LogP contribution in [0.5, 0.6) is 0 Å². The first kappa shape index (κ1) is 19.6. The van der Waals surface area contributed by atoms with Crippen LogP contribution in [0.15, 0.2) is 24.3 Å². The number of nitrogens with one attached hydrogen (secondary N) is 2. The summed E-state index contributed by atoms with van der Waals surface area (Å²) in [6.07, 6.45) is 4.72. The molecule has 1 aromatic carbocycles. The summed E-state index contributed by atoms with van der Waals surface area (Å²) < 4.78 is 0. The molecule has 0 amide bonds. The van der Waals surface area contributed by atoms with E-state index < -0.39 is 0 Å². The number of anilines is 1. The van der Waals surface area contributed by atoms with Gasteiger partial charge in [0.25, 0.3) is 0 Å². The third kappa shape index (κ3) is 4.02. The Morgan fingerprint density at radius 1 is 1.11 bits per heavy atom. The van der Waals surface area contributed by atoms with Crippen LogP contribution in [0.1, 0.15) is 37.1 Å². The number of aromatic nitrogens is 2. The molecule has 28 heavy (non-hydrogen) atoms.